The van der Waals surface area contributed by atoms with Gasteiger partial charge in [0.15, 0.2) is 11.5 Å². The Balaban J connectivity index is 1.61. The zero-order valence-electron chi connectivity index (χ0n) is 24.9. The number of anilines is 2. The molecule has 0 unspecified atom stereocenters. The van der Waals surface area contributed by atoms with Crippen molar-refractivity contribution in [2.45, 2.75) is 26.6 Å². The van der Waals surface area contributed by atoms with Crippen LogP contribution in [0.5, 0.6) is 11.5 Å². The fourth-order valence-corrected chi connectivity index (χ4v) is 4.74. The maximum Gasteiger partial charge on any atom is 0.159 e. The van der Waals surface area contributed by atoms with E-state index in [0.29, 0.717) is 48.1 Å². The van der Waals surface area contributed by atoms with Crippen LogP contribution in [0.2, 0.25) is 0 Å². The lowest BCUT2D eigenvalue weighted by atomic mass is 10.1. The van der Waals surface area contributed by atoms with Crippen LogP contribution in [0.15, 0.2) is 107 Å². The number of aryl methyl sites for hydroxylation is 1. The monoisotopic (exact) mass is 583 g/mol. The minimum absolute atomic E-state index is 0.295. The first-order chi connectivity index (χ1) is 21.4. The number of pyridine rings is 2. The highest BCUT2D eigenvalue weighted by atomic mass is 16.5. The van der Waals surface area contributed by atoms with Gasteiger partial charge >= 0.3 is 0 Å². The summed E-state index contributed by atoms with van der Waals surface area (Å²) < 4.78 is 10.7. The highest BCUT2D eigenvalue weighted by Gasteiger charge is 2.20. The number of aromatic nitrogens is 2. The molecule has 2 aromatic heterocycles. The summed E-state index contributed by atoms with van der Waals surface area (Å²) in [5, 5.41) is 18.6. The molecule has 0 atom stereocenters. The second-order valence-corrected chi connectivity index (χ2v) is 10.2. The Morgan fingerprint density at radius 1 is 0.818 bits per heavy atom. The molecule has 0 spiro atoms. The first kappa shape index (κ1) is 29.7. The molecule has 220 valence electrons. The van der Waals surface area contributed by atoms with E-state index in [4.69, 9.17) is 20.2 Å². The zero-order valence-corrected chi connectivity index (χ0v) is 24.9. The van der Waals surface area contributed by atoms with Gasteiger partial charge in [-0.15, -0.1) is 5.11 Å². The van der Waals surface area contributed by atoms with E-state index >= 15 is 0 Å². The Kier molecular flexibility index (Phi) is 9.42. The largest absolute Gasteiger partial charge is 0.497 e. The van der Waals surface area contributed by atoms with Gasteiger partial charge in [-0.3, -0.25) is 4.98 Å². The SMILES string of the molecule is COc1ccc(CN(Cc2ccc(OC)cc2)c2nc(-c3cccc(C#N)c3)cc(N)c2N=NCc2cccc(C)n2)cc1. The molecule has 0 fully saturated rings. The summed E-state index contributed by atoms with van der Waals surface area (Å²) in [6, 6.07) is 32.9. The number of nitrogens with zero attached hydrogens (tertiary/aromatic N) is 6. The van der Waals surface area contributed by atoms with E-state index in [1.54, 1.807) is 32.4 Å². The molecule has 2 heterocycles. The number of nitrogens with two attached hydrogens (primary N) is 1. The van der Waals surface area contributed by atoms with Crippen molar-refractivity contribution in [1.82, 2.24) is 9.97 Å². The summed E-state index contributed by atoms with van der Waals surface area (Å²) in [6.45, 7) is 3.25. The van der Waals surface area contributed by atoms with Crippen LogP contribution in [0.25, 0.3) is 11.3 Å². The van der Waals surface area contributed by atoms with Gasteiger partial charge in [0.25, 0.3) is 0 Å². The molecule has 0 saturated heterocycles. The molecule has 9 nitrogen and oxygen atoms in total. The molecular formula is C35H33N7O2. The highest BCUT2D eigenvalue weighted by molar-refractivity contribution is 5.81. The lowest BCUT2D eigenvalue weighted by molar-refractivity contribution is 0.414. The van der Waals surface area contributed by atoms with Gasteiger partial charge in [0, 0.05) is 24.3 Å². The zero-order chi connectivity index (χ0) is 30.9. The topological polar surface area (TPSA) is 122 Å². The van der Waals surface area contributed by atoms with Crippen LogP contribution in [-0.4, -0.2) is 24.2 Å². The standard InChI is InChI=1S/C35H33N7O2/c1-24-6-4-9-29(39-24)21-38-41-34-32(37)19-33(28-8-5-7-27(18-28)20-36)40-35(34)42(22-25-10-14-30(43-2)15-11-25)23-26-12-16-31(44-3)17-13-26/h4-19H,21-23H2,1-3H3,(H2,37,40). The van der Waals surface area contributed by atoms with E-state index in [1.165, 1.54) is 0 Å². The van der Waals surface area contributed by atoms with Gasteiger partial charge in [-0.25, -0.2) is 4.98 Å². The van der Waals surface area contributed by atoms with Crippen molar-refractivity contribution in [1.29, 1.82) is 5.26 Å². The van der Waals surface area contributed by atoms with Gasteiger partial charge < -0.3 is 20.1 Å². The molecule has 5 aromatic rings. The second kappa shape index (κ2) is 13.9. The average Bonchev–Trinajstić information content (AvgIpc) is 3.05. The summed E-state index contributed by atoms with van der Waals surface area (Å²) in [4.78, 5) is 11.8. The Morgan fingerprint density at radius 2 is 1.45 bits per heavy atom. The molecule has 2 N–H and O–H groups in total. The number of hydrogen-bond donors (Lipinski definition) is 1. The van der Waals surface area contributed by atoms with E-state index in [-0.39, 0.29) is 0 Å². The highest BCUT2D eigenvalue weighted by Crippen LogP contribution is 2.38. The summed E-state index contributed by atoms with van der Waals surface area (Å²) in [5.74, 6) is 2.11. The number of hydrogen-bond acceptors (Lipinski definition) is 9. The van der Waals surface area contributed by atoms with Crippen molar-refractivity contribution in [2.24, 2.45) is 10.2 Å². The molecule has 0 radical (unpaired) electrons. The number of ether oxygens (including phenoxy) is 2. The molecule has 9 heteroatoms. The lowest BCUT2D eigenvalue weighted by Gasteiger charge is -2.26. The quantitative estimate of drug-likeness (QED) is 0.161. The number of nitrogen functional groups attached to an aromatic ring is 1. The van der Waals surface area contributed by atoms with Crippen molar-refractivity contribution < 1.29 is 9.47 Å². The van der Waals surface area contributed by atoms with Gasteiger partial charge in [-0.2, -0.15) is 10.4 Å². The minimum atomic E-state index is 0.295. The van der Waals surface area contributed by atoms with E-state index in [9.17, 15) is 5.26 Å². The Labute approximate surface area is 257 Å². The Morgan fingerprint density at radius 3 is 2.05 bits per heavy atom. The van der Waals surface area contributed by atoms with Crippen molar-refractivity contribution in [2.75, 3.05) is 24.9 Å². The second-order valence-electron chi connectivity index (χ2n) is 10.2. The van der Waals surface area contributed by atoms with E-state index < -0.39 is 0 Å². The molecular weight excluding hydrogens is 550 g/mol. The average molecular weight is 584 g/mol. The van der Waals surface area contributed by atoms with Crippen LogP contribution in [0.1, 0.15) is 28.1 Å². The van der Waals surface area contributed by atoms with E-state index in [2.05, 4.69) is 26.2 Å². The molecule has 0 aliphatic heterocycles. The first-order valence-corrected chi connectivity index (χ1v) is 14.1. The van der Waals surface area contributed by atoms with Crippen LogP contribution >= 0.6 is 0 Å². The van der Waals surface area contributed by atoms with Crippen LogP contribution < -0.4 is 20.1 Å². The molecule has 5 rings (SSSR count). The van der Waals surface area contributed by atoms with Gasteiger partial charge in [0.2, 0.25) is 0 Å². The van der Waals surface area contributed by atoms with Gasteiger partial charge in [0.1, 0.15) is 18.0 Å². The molecule has 0 aliphatic carbocycles. The molecule has 44 heavy (non-hydrogen) atoms. The van der Waals surface area contributed by atoms with Crippen LogP contribution in [0, 0.1) is 18.3 Å². The number of azo groups is 1. The minimum Gasteiger partial charge on any atom is -0.497 e. The first-order valence-electron chi connectivity index (χ1n) is 14.1. The van der Waals surface area contributed by atoms with Crippen molar-refractivity contribution >= 4 is 17.2 Å². The lowest BCUT2D eigenvalue weighted by Crippen LogP contribution is -2.24. The molecule has 3 aromatic carbocycles. The number of nitriles is 1. The van der Waals surface area contributed by atoms with Gasteiger partial charge in [-0.1, -0.05) is 42.5 Å². The molecule has 0 amide bonds. The third-order valence-corrected chi connectivity index (χ3v) is 7.01. The Hall–Kier alpha value is -5.75. The summed E-state index contributed by atoms with van der Waals surface area (Å²) in [7, 11) is 3.29. The van der Waals surface area contributed by atoms with E-state index in [1.807, 2.05) is 85.8 Å². The van der Waals surface area contributed by atoms with Crippen LogP contribution in [0.4, 0.5) is 17.2 Å². The summed E-state index contributed by atoms with van der Waals surface area (Å²) in [5.41, 5.74) is 13.3. The van der Waals surface area contributed by atoms with Crippen molar-refractivity contribution in [3.63, 3.8) is 0 Å². The number of benzene rings is 3. The predicted octanol–water partition coefficient (Wildman–Crippen LogP) is 7.41. The predicted molar refractivity (Wildman–Crippen MR) is 172 cm³/mol. The summed E-state index contributed by atoms with van der Waals surface area (Å²) in [6.07, 6.45) is 0. The number of rotatable bonds is 11. The molecule has 0 bridgehead atoms. The number of methoxy groups -OCH3 is 2. The third kappa shape index (κ3) is 7.36. The molecule has 0 saturated carbocycles. The van der Waals surface area contributed by atoms with E-state index in [0.717, 1.165) is 39.6 Å². The van der Waals surface area contributed by atoms with Gasteiger partial charge in [0.05, 0.1) is 42.9 Å². The van der Waals surface area contributed by atoms with Gasteiger partial charge in [-0.05, 0) is 72.6 Å². The van der Waals surface area contributed by atoms with Crippen LogP contribution in [-0.2, 0) is 19.6 Å². The van der Waals surface area contributed by atoms with Crippen LogP contribution in [0.3, 0.4) is 0 Å². The smallest absolute Gasteiger partial charge is 0.159 e. The fraction of sp³-hybridized carbons (Fsp3) is 0.171. The summed E-state index contributed by atoms with van der Waals surface area (Å²) >= 11 is 0. The Bertz CT molecular complexity index is 1750. The normalized spacial score (nSPS) is 10.9. The maximum atomic E-state index is 9.51. The fourth-order valence-electron chi connectivity index (χ4n) is 4.74. The third-order valence-electron chi connectivity index (χ3n) is 7.01. The maximum absolute atomic E-state index is 9.51. The van der Waals surface area contributed by atoms with Crippen molar-refractivity contribution in [3.05, 3.63) is 125 Å². The molecule has 0 aliphatic rings. The van der Waals surface area contributed by atoms with Crippen molar-refractivity contribution in [3.8, 4) is 28.8 Å².